The van der Waals surface area contributed by atoms with Crippen molar-refractivity contribution in [2.24, 2.45) is 0 Å². The van der Waals surface area contributed by atoms with Gasteiger partial charge in [0.1, 0.15) is 0 Å². The summed E-state index contributed by atoms with van der Waals surface area (Å²) >= 11 is 1.51. The molecule has 0 atom stereocenters. The van der Waals surface area contributed by atoms with Gasteiger partial charge >= 0.3 is 0 Å². The van der Waals surface area contributed by atoms with E-state index in [9.17, 15) is 8.42 Å². The lowest BCUT2D eigenvalue weighted by Gasteiger charge is -2.13. The highest BCUT2D eigenvalue weighted by molar-refractivity contribution is 7.92. The van der Waals surface area contributed by atoms with Crippen molar-refractivity contribution in [3.63, 3.8) is 0 Å². The minimum atomic E-state index is -3.60. The Morgan fingerprint density at radius 1 is 1.14 bits per heavy atom. The molecular weight excluding hydrogens is 409 g/mol. The van der Waals surface area contributed by atoms with Crippen molar-refractivity contribution in [2.45, 2.75) is 39.5 Å². The van der Waals surface area contributed by atoms with Crippen LogP contribution in [0.4, 0.5) is 10.1 Å². The summed E-state index contributed by atoms with van der Waals surface area (Å²) in [4.78, 5) is 9.62. The number of sulfonamides is 1. The molecule has 5 nitrogen and oxygen atoms in total. The van der Waals surface area contributed by atoms with Crippen LogP contribution in [-0.2, 0) is 15.4 Å². The van der Waals surface area contributed by atoms with Crippen LogP contribution in [0.25, 0.3) is 21.7 Å². The van der Waals surface area contributed by atoms with Crippen LogP contribution < -0.4 is 4.72 Å². The van der Waals surface area contributed by atoms with E-state index in [-0.39, 0.29) is 22.4 Å². The monoisotopic (exact) mass is 433 g/mol. The topological polar surface area (TPSA) is 72.0 Å². The Bertz CT molecular complexity index is 1100. The number of thiazole rings is 1. The van der Waals surface area contributed by atoms with E-state index in [1.165, 1.54) is 17.4 Å². The summed E-state index contributed by atoms with van der Waals surface area (Å²) in [5, 5.41) is 0.871. The molecule has 0 saturated heterocycles. The molecule has 0 radical (unpaired) electrons. The molecule has 8 heteroatoms. The number of pyridine rings is 1. The van der Waals surface area contributed by atoms with Crippen molar-refractivity contribution in [2.75, 3.05) is 10.5 Å². The zero-order chi connectivity index (χ0) is 21.2. The average molecular weight is 434 g/mol. The fourth-order valence-corrected chi connectivity index (χ4v) is 5.08. The predicted molar refractivity (Wildman–Crippen MR) is 117 cm³/mol. The zero-order valence-electron chi connectivity index (χ0n) is 16.9. The smallest absolute Gasteiger partial charge is 0.232 e. The molecule has 0 saturated carbocycles. The largest absolute Gasteiger partial charge is 0.281 e. The number of hydrogen-bond donors (Lipinski definition) is 1. The summed E-state index contributed by atoms with van der Waals surface area (Å²) < 4.78 is 42.0. The van der Waals surface area contributed by atoms with Gasteiger partial charge in [-0.05, 0) is 36.2 Å². The zero-order valence-corrected chi connectivity index (χ0v) is 18.5. The van der Waals surface area contributed by atoms with Gasteiger partial charge in [0.25, 0.3) is 0 Å². The molecule has 0 aliphatic heterocycles. The molecule has 2 heterocycles. The van der Waals surface area contributed by atoms with E-state index in [1.54, 1.807) is 31.5 Å². The first-order valence-electron chi connectivity index (χ1n) is 9.33. The van der Waals surface area contributed by atoms with E-state index in [0.717, 1.165) is 15.4 Å². The van der Waals surface area contributed by atoms with Crippen LogP contribution >= 0.6 is 11.3 Å². The lowest BCUT2D eigenvalue weighted by molar-refractivity contribution is 0.585. The Morgan fingerprint density at radius 2 is 1.83 bits per heavy atom. The Hall–Kier alpha value is -2.32. The fraction of sp³-hybridized carbons (Fsp3) is 0.333. The number of anilines is 1. The third-order valence-corrected chi connectivity index (χ3v) is 7.21. The van der Waals surface area contributed by atoms with Crippen LogP contribution in [0.3, 0.4) is 0 Å². The summed E-state index contributed by atoms with van der Waals surface area (Å²) in [5.74, 6) is -0.697. The van der Waals surface area contributed by atoms with E-state index in [1.807, 2.05) is 12.1 Å². The molecule has 154 valence electrons. The number of halogens is 1. The Balaban J connectivity index is 2.16. The van der Waals surface area contributed by atoms with Crippen LogP contribution in [0.2, 0.25) is 0 Å². The molecule has 0 bridgehead atoms. The minimum absolute atomic E-state index is 0.0657. The van der Waals surface area contributed by atoms with Gasteiger partial charge in [-0.15, -0.1) is 11.3 Å². The first-order chi connectivity index (χ1) is 13.6. The van der Waals surface area contributed by atoms with Gasteiger partial charge in [0.15, 0.2) is 5.82 Å². The second-order valence-corrected chi connectivity index (χ2v) is 10.6. The van der Waals surface area contributed by atoms with E-state index in [4.69, 9.17) is 4.98 Å². The maximum absolute atomic E-state index is 15.4. The van der Waals surface area contributed by atoms with Crippen molar-refractivity contribution in [3.05, 3.63) is 53.6 Å². The summed E-state index contributed by atoms with van der Waals surface area (Å²) in [6.07, 6.45) is 3.81. The second kappa shape index (κ2) is 8.20. The van der Waals surface area contributed by atoms with Crippen molar-refractivity contribution < 1.29 is 12.8 Å². The van der Waals surface area contributed by atoms with Crippen LogP contribution in [0, 0.1) is 5.82 Å². The lowest BCUT2D eigenvalue weighted by atomic mass is 9.98. The fourth-order valence-electron chi connectivity index (χ4n) is 2.80. The average Bonchev–Trinajstić information content (AvgIpc) is 3.09. The molecule has 0 amide bonds. The predicted octanol–water partition coefficient (Wildman–Crippen LogP) is 5.46. The van der Waals surface area contributed by atoms with Gasteiger partial charge in [0, 0.05) is 23.4 Å². The van der Waals surface area contributed by atoms with Gasteiger partial charge in [0.05, 0.1) is 27.0 Å². The van der Waals surface area contributed by atoms with Crippen molar-refractivity contribution >= 4 is 27.0 Å². The van der Waals surface area contributed by atoms with Crippen molar-refractivity contribution in [1.29, 1.82) is 0 Å². The number of nitrogens with zero attached hydrogens (tertiary/aromatic N) is 2. The highest BCUT2D eigenvalue weighted by atomic mass is 32.2. The SMILES string of the molecule is CCCS(=O)(=O)Nc1cccc(-c2nc(C(C)(C)C)sc2-c2ccncc2)c1F. The summed E-state index contributed by atoms with van der Waals surface area (Å²) in [7, 11) is -3.60. The van der Waals surface area contributed by atoms with E-state index in [0.29, 0.717) is 12.1 Å². The van der Waals surface area contributed by atoms with Gasteiger partial charge in [0.2, 0.25) is 10.0 Å². The van der Waals surface area contributed by atoms with Gasteiger partial charge in [-0.1, -0.05) is 33.8 Å². The first-order valence-corrected chi connectivity index (χ1v) is 11.8. The Kier molecular flexibility index (Phi) is 6.05. The van der Waals surface area contributed by atoms with Crippen LogP contribution in [0.5, 0.6) is 0 Å². The molecule has 0 fully saturated rings. The van der Waals surface area contributed by atoms with Crippen LogP contribution in [-0.4, -0.2) is 24.1 Å². The molecule has 0 spiro atoms. The van der Waals surface area contributed by atoms with Crippen LogP contribution in [0.1, 0.15) is 39.1 Å². The van der Waals surface area contributed by atoms with E-state index in [2.05, 4.69) is 30.5 Å². The van der Waals surface area contributed by atoms with Gasteiger partial charge in [-0.25, -0.2) is 17.8 Å². The molecule has 2 aromatic heterocycles. The van der Waals surface area contributed by atoms with Crippen molar-refractivity contribution in [3.8, 4) is 21.7 Å². The number of rotatable bonds is 6. The maximum atomic E-state index is 15.4. The third kappa shape index (κ3) is 4.82. The molecule has 3 aromatic rings. The molecule has 0 aliphatic rings. The molecule has 0 unspecified atom stereocenters. The van der Waals surface area contributed by atoms with Gasteiger partial charge in [-0.2, -0.15) is 0 Å². The molecular formula is C21H24FN3O2S2. The summed E-state index contributed by atoms with van der Waals surface area (Å²) in [6, 6.07) is 8.40. The van der Waals surface area contributed by atoms with Crippen LogP contribution in [0.15, 0.2) is 42.7 Å². The highest BCUT2D eigenvalue weighted by Gasteiger charge is 2.25. The number of nitrogens with one attached hydrogen (secondary N) is 1. The number of hydrogen-bond acceptors (Lipinski definition) is 5. The first kappa shape index (κ1) is 21.4. The lowest BCUT2D eigenvalue weighted by Crippen LogP contribution is -2.17. The standard InChI is InChI=1S/C21H24FN3O2S2/c1-5-13-29(26,27)25-16-8-6-7-15(17(16)22)18-19(14-9-11-23-12-10-14)28-20(24-18)21(2,3)4/h6-12,25H,5,13H2,1-4H3. The number of aromatic nitrogens is 2. The summed E-state index contributed by atoms with van der Waals surface area (Å²) in [5.41, 5.74) is 1.38. The van der Waals surface area contributed by atoms with E-state index >= 15 is 4.39 Å². The molecule has 0 aliphatic carbocycles. The molecule has 3 rings (SSSR count). The van der Waals surface area contributed by atoms with E-state index < -0.39 is 15.8 Å². The molecule has 29 heavy (non-hydrogen) atoms. The molecule has 1 aromatic carbocycles. The Labute approximate surface area is 175 Å². The Morgan fingerprint density at radius 3 is 2.45 bits per heavy atom. The minimum Gasteiger partial charge on any atom is -0.281 e. The maximum Gasteiger partial charge on any atom is 0.232 e. The normalized spacial score (nSPS) is 12.2. The highest BCUT2D eigenvalue weighted by Crippen LogP contribution is 2.42. The third-order valence-electron chi connectivity index (χ3n) is 4.20. The number of benzene rings is 1. The second-order valence-electron chi connectivity index (χ2n) is 7.77. The summed E-state index contributed by atoms with van der Waals surface area (Å²) in [6.45, 7) is 7.92. The van der Waals surface area contributed by atoms with Gasteiger partial charge < -0.3 is 0 Å². The molecule has 1 N–H and O–H groups in total. The quantitative estimate of drug-likeness (QED) is 0.560. The van der Waals surface area contributed by atoms with Crippen molar-refractivity contribution in [1.82, 2.24) is 9.97 Å². The van der Waals surface area contributed by atoms with Gasteiger partial charge in [-0.3, -0.25) is 9.71 Å².